The largest absolute Gasteiger partial charge is 0.507 e. The second-order valence-electron chi connectivity index (χ2n) is 2.90. The van der Waals surface area contributed by atoms with Crippen molar-refractivity contribution in [1.82, 2.24) is 5.16 Å². The number of benzene rings is 1. The summed E-state index contributed by atoms with van der Waals surface area (Å²) in [5.74, 6) is -0.662. The molecule has 78 valence electrons. The third kappa shape index (κ3) is 1.80. The van der Waals surface area contributed by atoms with Crippen LogP contribution < -0.4 is 5.73 Å². The third-order valence-electron chi connectivity index (χ3n) is 1.84. The molecule has 1 aromatic carbocycles. The zero-order valence-electron chi connectivity index (χ0n) is 7.37. The van der Waals surface area contributed by atoms with Crippen LogP contribution in [0.15, 0.2) is 27.2 Å². The molecule has 0 aliphatic carbocycles. The maximum atomic E-state index is 13.4. The number of hydrogen-bond acceptors (Lipinski definition) is 4. The Morgan fingerprint density at radius 2 is 2.13 bits per heavy atom. The molecule has 2 rings (SSSR count). The van der Waals surface area contributed by atoms with E-state index in [1.165, 1.54) is 12.1 Å². The van der Waals surface area contributed by atoms with Crippen LogP contribution in [-0.4, -0.2) is 10.3 Å². The predicted molar refractivity (Wildman–Crippen MR) is 55.7 cm³/mol. The Bertz CT molecular complexity index is 513. The molecule has 1 heterocycles. The lowest BCUT2D eigenvalue weighted by Crippen LogP contribution is -1.85. The van der Waals surface area contributed by atoms with Crippen molar-refractivity contribution in [2.45, 2.75) is 0 Å². The third-order valence-corrected chi connectivity index (χ3v) is 2.48. The second kappa shape index (κ2) is 3.54. The highest BCUT2D eigenvalue weighted by atomic mass is 79.9. The highest BCUT2D eigenvalue weighted by Gasteiger charge is 2.12. The second-order valence-corrected chi connectivity index (χ2v) is 3.75. The molecule has 0 saturated heterocycles. The minimum Gasteiger partial charge on any atom is -0.507 e. The van der Waals surface area contributed by atoms with E-state index in [1.54, 1.807) is 0 Å². The first-order valence-electron chi connectivity index (χ1n) is 3.98. The van der Waals surface area contributed by atoms with E-state index >= 15 is 0 Å². The van der Waals surface area contributed by atoms with E-state index in [2.05, 4.69) is 25.6 Å². The Morgan fingerprint density at radius 1 is 1.40 bits per heavy atom. The summed E-state index contributed by atoms with van der Waals surface area (Å²) >= 11 is 3.08. The molecule has 15 heavy (non-hydrogen) atoms. The van der Waals surface area contributed by atoms with Gasteiger partial charge in [0.15, 0.2) is 0 Å². The summed E-state index contributed by atoms with van der Waals surface area (Å²) in [5.41, 5.74) is 5.81. The molecule has 6 heteroatoms. The zero-order valence-corrected chi connectivity index (χ0v) is 8.95. The fraction of sp³-hybridized carbons (Fsp3) is 0. The van der Waals surface area contributed by atoms with Crippen molar-refractivity contribution >= 4 is 21.8 Å². The number of hydrogen-bond donors (Lipinski definition) is 2. The first-order chi connectivity index (χ1) is 7.08. The first kappa shape index (κ1) is 9.97. The average molecular weight is 273 g/mol. The van der Waals surface area contributed by atoms with Crippen molar-refractivity contribution in [3.8, 4) is 17.0 Å². The predicted octanol–water partition coefficient (Wildman–Crippen LogP) is 2.53. The lowest BCUT2D eigenvalue weighted by molar-refractivity contribution is 0.438. The number of nitrogen functional groups attached to an aromatic ring is 1. The molecule has 0 radical (unpaired) electrons. The van der Waals surface area contributed by atoms with Crippen molar-refractivity contribution in [3.63, 3.8) is 0 Å². The van der Waals surface area contributed by atoms with Gasteiger partial charge in [0, 0.05) is 17.7 Å². The van der Waals surface area contributed by atoms with Gasteiger partial charge in [0.1, 0.15) is 17.3 Å². The van der Waals surface area contributed by atoms with Crippen LogP contribution in [0.4, 0.5) is 10.3 Å². The summed E-state index contributed by atoms with van der Waals surface area (Å²) in [4.78, 5) is 0. The average Bonchev–Trinajstić information content (AvgIpc) is 2.58. The molecule has 0 atom stereocenters. The van der Waals surface area contributed by atoms with Crippen LogP contribution in [0, 0.1) is 5.82 Å². The lowest BCUT2D eigenvalue weighted by atomic mass is 10.1. The Kier molecular flexibility index (Phi) is 2.36. The number of anilines is 1. The van der Waals surface area contributed by atoms with Gasteiger partial charge in [-0.25, -0.2) is 4.39 Å². The number of phenolic OH excluding ortho intramolecular Hbond substituents is 1. The molecule has 4 nitrogen and oxygen atoms in total. The van der Waals surface area contributed by atoms with Gasteiger partial charge < -0.3 is 15.4 Å². The van der Waals surface area contributed by atoms with Crippen LogP contribution >= 0.6 is 15.9 Å². The molecule has 0 spiro atoms. The molecule has 0 amide bonds. The summed E-state index contributed by atoms with van der Waals surface area (Å²) in [6, 6.07) is 3.80. The summed E-state index contributed by atoms with van der Waals surface area (Å²) < 4.78 is 18.4. The Labute approximate surface area is 92.6 Å². The number of aromatic nitrogens is 1. The zero-order chi connectivity index (χ0) is 11.0. The van der Waals surface area contributed by atoms with E-state index in [1.807, 2.05) is 0 Å². The van der Waals surface area contributed by atoms with Crippen molar-refractivity contribution in [2.75, 3.05) is 5.73 Å². The summed E-state index contributed by atoms with van der Waals surface area (Å²) in [7, 11) is 0. The molecular formula is C9H6BrFN2O2. The lowest BCUT2D eigenvalue weighted by Gasteiger charge is -2.01. The van der Waals surface area contributed by atoms with E-state index in [4.69, 9.17) is 5.73 Å². The summed E-state index contributed by atoms with van der Waals surface area (Å²) in [6.45, 7) is 0. The number of halogens is 2. The topological polar surface area (TPSA) is 72.3 Å². The van der Waals surface area contributed by atoms with Crippen LogP contribution in [0.25, 0.3) is 11.3 Å². The van der Waals surface area contributed by atoms with Gasteiger partial charge in [0.25, 0.3) is 0 Å². The molecule has 0 saturated carbocycles. The number of phenols is 1. The molecule has 2 aromatic rings. The van der Waals surface area contributed by atoms with Gasteiger partial charge in [-0.3, -0.25) is 0 Å². The quantitative estimate of drug-likeness (QED) is 0.837. The van der Waals surface area contributed by atoms with Gasteiger partial charge in [-0.2, -0.15) is 0 Å². The van der Waals surface area contributed by atoms with Crippen LogP contribution in [0.3, 0.4) is 0 Å². The minimum absolute atomic E-state index is 0.105. The van der Waals surface area contributed by atoms with E-state index in [0.717, 1.165) is 6.07 Å². The monoisotopic (exact) mass is 272 g/mol. The molecule has 0 fully saturated rings. The molecular weight excluding hydrogens is 267 g/mol. The van der Waals surface area contributed by atoms with Crippen LogP contribution in [-0.2, 0) is 0 Å². The highest BCUT2D eigenvalue weighted by molar-refractivity contribution is 9.10. The maximum absolute atomic E-state index is 13.4. The van der Waals surface area contributed by atoms with Gasteiger partial charge in [0.2, 0.25) is 5.88 Å². The van der Waals surface area contributed by atoms with Crippen LogP contribution in [0.1, 0.15) is 0 Å². The SMILES string of the molecule is Nc1cc(-c2cc(Br)c(O)cc2F)no1. The van der Waals surface area contributed by atoms with Crippen molar-refractivity contribution in [2.24, 2.45) is 0 Å². The summed E-state index contributed by atoms with van der Waals surface area (Å²) in [5, 5.41) is 12.8. The number of aromatic hydroxyl groups is 1. The fourth-order valence-electron chi connectivity index (χ4n) is 1.15. The Morgan fingerprint density at radius 3 is 2.73 bits per heavy atom. The number of nitrogens with two attached hydrogens (primary N) is 1. The fourth-order valence-corrected chi connectivity index (χ4v) is 1.49. The van der Waals surface area contributed by atoms with E-state index in [-0.39, 0.29) is 22.9 Å². The van der Waals surface area contributed by atoms with E-state index in [9.17, 15) is 9.50 Å². The Balaban J connectivity index is 2.58. The molecule has 0 unspecified atom stereocenters. The normalized spacial score (nSPS) is 10.5. The number of rotatable bonds is 1. The molecule has 1 aromatic heterocycles. The van der Waals surface area contributed by atoms with Gasteiger partial charge in [-0.1, -0.05) is 5.16 Å². The minimum atomic E-state index is -0.594. The van der Waals surface area contributed by atoms with Crippen molar-refractivity contribution in [1.29, 1.82) is 0 Å². The smallest absolute Gasteiger partial charge is 0.222 e. The van der Waals surface area contributed by atoms with Gasteiger partial charge in [0.05, 0.1) is 4.47 Å². The molecule has 0 aliphatic heterocycles. The molecule has 0 aliphatic rings. The summed E-state index contributed by atoms with van der Waals surface area (Å²) in [6.07, 6.45) is 0. The van der Waals surface area contributed by atoms with E-state index in [0.29, 0.717) is 4.47 Å². The molecule has 0 bridgehead atoms. The van der Waals surface area contributed by atoms with Gasteiger partial charge in [-0.15, -0.1) is 0 Å². The first-order valence-corrected chi connectivity index (χ1v) is 4.78. The van der Waals surface area contributed by atoms with E-state index < -0.39 is 5.82 Å². The van der Waals surface area contributed by atoms with Crippen LogP contribution in [0.2, 0.25) is 0 Å². The van der Waals surface area contributed by atoms with Gasteiger partial charge in [-0.05, 0) is 22.0 Å². The number of nitrogens with zero attached hydrogens (tertiary/aromatic N) is 1. The van der Waals surface area contributed by atoms with Crippen molar-refractivity contribution < 1.29 is 14.0 Å². The maximum Gasteiger partial charge on any atom is 0.222 e. The molecule has 3 N–H and O–H groups in total. The van der Waals surface area contributed by atoms with Gasteiger partial charge >= 0.3 is 0 Å². The highest BCUT2D eigenvalue weighted by Crippen LogP contribution is 2.32. The van der Waals surface area contributed by atoms with Crippen LogP contribution in [0.5, 0.6) is 5.75 Å². The van der Waals surface area contributed by atoms with Crippen molar-refractivity contribution in [3.05, 3.63) is 28.5 Å². The standard InChI is InChI=1S/C9H6BrFN2O2/c10-5-1-4(6(11)2-8(5)14)7-3-9(12)15-13-7/h1-3,14H,12H2. The Hall–Kier alpha value is -1.56.